The van der Waals surface area contributed by atoms with E-state index in [0.717, 1.165) is 28.6 Å². The van der Waals surface area contributed by atoms with E-state index >= 15 is 0 Å². The molecule has 4 heteroatoms. The molecule has 0 spiro atoms. The molecule has 17 heavy (non-hydrogen) atoms. The van der Waals surface area contributed by atoms with Crippen LogP contribution < -0.4 is 4.74 Å². The monoisotopic (exact) mass is 298 g/mol. The van der Waals surface area contributed by atoms with Gasteiger partial charge in [0, 0.05) is 18.6 Å². The van der Waals surface area contributed by atoms with Crippen LogP contribution in [0.1, 0.15) is 23.2 Å². The highest BCUT2D eigenvalue weighted by atomic mass is 79.9. The Hall–Kier alpha value is -0.870. The predicted molar refractivity (Wildman–Crippen MR) is 68.6 cm³/mol. The fourth-order valence-corrected chi connectivity index (χ4v) is 2.08. The van der Waals surface area contributed by atoms with Crippen molar-refractivity contribution in [3.63, 3.8) is 0 Å². The Labute approximate surface area is 109 Å². The smallest absolute Gasteiger partial charge is 0.165 e. The largest absolute Gasteiger partial charge is 0.490 e. The van der Waals surface area contributed by atoms with Crippen molar-refractivity contribution in [1.29, 1.82) is 0 Å². The summed E-state index contributed by atoms with van der Waals surface area (Å²) in [7, 11) is 1.63. The van der Waals surface area contributed by atoms with E-state index in [-0.39, 0.29) is 11.7 Å². The van der Waals surface area contributed by atoms with E-state index in [4.69, 9.17) is 9.47 Å². The summed E-state index contributed by atoms with van der Waals surface area (Å²) in [6, 6.07) is 5.49. The third-order valence-corrected chi connectivity index (χ3v) is 3.33. The van der Waals surface area contributed by atoms with Crippen molar-refractivity contribution in [2.45, 2.75) is 12.8 Å². The van der Waals surface area contributed by atoms with Crippen molar-refractivity contribution in [2.24, 2.45) is 5.92 Å². The molecule has 3 nitrogen and oxygen atoms in total. The summed E-state index contributed by atoms with van der Waals surface area (Å²) >= 11 is 3.42. The molecule has 0 bridgehead atoms. The van der Waals surface area contributed by atoms with Gasteiger partial charge in [-0.3, -0.25) is 4.79 Å². The molecule has 0 aromatic heterocycles. The molecule has 0 atom stereocenters. The lowest BCUT2D eigenvalue weighted by Gasteiger charge is -2.08. The zero-order valence-electron chi connectivity index (χ0n) is 9.74. The third kappa shape index (κ3) is 3.30. The zero-order valence-corrected chi connectivity index (χ0v) is 11.3. The van der Waals surface area contributed by atoms with Gasteiger partial charge < -0.3 is 9.47 Å². The van der Waals surface area contributed by atoms with Gasteiger partial charge in [0.1, 0.15) is 12.4 Å². The van der Waals surface area contributed by atoms with Crippen LogP contribution in [0, 0.1) is 5.92 Å². The number of halogens is 1. The van der Waals surface area contributed by atoms with E-state index in [1.165, 1.54) is 0 Å². The molecule has 0 saturated heterocycles. The lowest BCUT2D eigenvalue weighted by molar-refractivity contribution is 0.0967. The SMILES string of the molecule is COCCOc1ccc(C(=O)C2CC2)cc1Br. The Morgan fingerprint density at radius 2 is 2.18 bits per heavy atom. The first kappa shape index (κ1) is 12.6. The van der Waals surface area contributed by atoms with Crippen LogP contribution in [0.25, 0.3) is 0 Å². The summed E-state index contributed by atoms with van der Waals surface area (Å²) in [5, 5.41) is 0. The average Bonchev–Trinajstić information content (AvgIpc) is 3.14. The number of carbonyl (C=O) groups is 1. The number of Topliss-reactive ketones (excluding diaryl/α,β-unsaturated/α-hetero) is 1. The second-order valence-corrected chi connectivity index (χ2v) is 4.98. The van der Waals surface area contributed by atoms with Crippen molar-refractivity contribution in [3.8, 4) is 5.75 Å². The third-order valence-electron chi connectivity index (χ3n) is 2.71. The fraction of sp³-hybridized carbons (Fsp3) is 0.462. The van der Waals surface area contributed by atoms with Crippen molar-refractivity contribution in [2.75, 3.05) is 20.3 Å². The molecule has 1 aromatic rings. The highest BCUT2D eigenvalue weighted by molar-refractivity contribution is 9.10. The van der Waals surface area contributed by atoms with Crippen LogP contribution in [0.2, 0.25) is 0 Å². The molecule has 92 valence electrons. The van der Waals surface area contributed by atoms with E-state index in [2.05, 4.69) is 15.9 Å². The zero-order chi connectivity index (χ0) is 12.3. The van der Waals surface area contributed by atoms with E-state index in [1.54, 1.807) is 7.11 Å². The number of ether oxygens (including phenoxy) is 2. The molecule has 0 unspecified atom stereocenters. The molecule has 1 aliphatic rings. The lowest BCUT2D eigenvalue weighted by atomic mass is 10.1. The van der Waals surface area contributed by atoms with Gasteiger partial charge >= 0.3 is 0 Å². The number of carbonyl (C=O) groups excluding carboxylic acids is 1. The summed E-state index contributed by atoms with van der Waals surface area (Å²) in [5.74, 6) is 1.24. The number of ketones is 1. The van der Waals surface area contributed by atoms with Crippen LogP contribution >= 0.6 is 15.9 Å². The topological polar surface area (TPSA) is 35.5 Å². The number of benzene rings is 1. The summed E-state index contributed by atoms with van der Waals surface area (Å²) < 4.78 is 11.2. The van der Waals surface area contributed by atoms with Gasteiger partial charge in [-0.15, -0.1) is 0 Å². The maximum atomic E-state index is 11.8. The molecule has 0 amide bonds. The molecule has 0 radical (unpaired) electrons. The number of hydrogen-bond acceptors (Lipinski definition) is 3. The maximum absolute atomic E-state index is 11.8. The molecule has 0 heterocycles. The number of rotatable bonds is 6. The summed E-state index contributed by atoms with van der Waals surface area (Å²) in [4.78, 5) is 11.8. The van der Waals surface area contributed by atoms with Crippen LogP contribution in [-0.2, 0) is 4.74 Å². The van der Waals surface area contributed by atoms with Gasteiger partial charge in [0.05, 0.1) is 11.1 Å². The molecule has 1 saturated carbocycles. The van der Waals surface area contributed by atoms with Crippen LogP contribution in [-0.4, -0.2) is 26.1 Å². The fourth-order valence-electron chi connectivity index (χ4n) is 1.59. The van der Waals surface area contributed by atoms with Gasteiger partial charge in [-0.25, -0.2) is 0 Å². The summed E-state index contributed by atoms with van der Waals surface area (Å²) in [6.45, 7) is 1.06. The van der Waals surface area contributed by atoms with Crippen LogP contribution in [0.15, 0.2) is 22.7 Å². The first-order chi connectivity index (χ1) is 8.22. The Balaban J connectivity index is 2.02. The summed E-state index contributed by atoms with van der Waals surface area (Å²) in [6.07, 6.45) is 2.06. The minimum Gasteiger partial charge on any atom is -0.490 e. The van der Waals surface area contributed by atoms with Gasteiger partial charge in [0.25, 0.3) is 0 Å². The van der Waals surface area contributed by atoms with Crippen LogP contribution in [0.4, 0.5) is 0 Å². The quantitative estimate of drug-likeness (QED) is 0.598. The van der Waals surface area contributed by atoms with Gasteiger partial charge in [-0.05, 0) is 47.0 Å². The maximum Gasteiger partial charge on any atom is 0.165 e. The van der Waals surface area contributed by atoms with Crippen LogP contribution in [0.3, 0.4) is 0 Å². The van der Waals surface area contributed by atoms with E-state index < -0.39 is 0 Å². The molecule has 1 aliphatic carbocycles. The number of methoxy groups -OCH3 is 1. The van der Waals surface area contributed by atoms with E-state index in [1.807, 2.05) is 18.2 Å². The molecular formula is C13H15BrO3. The minimum atomic E-state index is 0.245. The summed E-state index contributed by atoms with van der Waals surface area (Å²) in [5.41, 5.74) is 0.762. The predicted octanol–water partition coefficient (Wildman–Crippen LogP) is 3.07. The normalized spacial score (nSPS) is 14.7. The second kappa shape index (κ2) is 5.65. The average molecular weight is 299 g/mol. The van der Waals surface area contributed by atoms with Gasteiger partial charge in [0.2, 0.25) is 0 Å². The minimum absolute atomic E-state index is 0.245. The van der Waals surface area contributed by atoms with Crippen molar-refractivity contribution >= 4 is 21.7 Å². The first-order valence-corrected chi connectivity index (χ1v) is 6.47. The van der Waals surface area contributed by atoms with Crippen LogP contribution in [0.5, 0.6) is 5.75 Å². The van der Waals surface area contributed by atoms with Crippen molar-refractivity contribution < 1.29 is 14.3 Å². The number of hydrogen-bond donors (Lipinski definition) is 0. The lowest BCUT2D eigenvalue weighted by Crippen LogP contribution is -2.06. The van der Waals surface area contributed by atoms with Gasteiger partial charge in [-0.1, -0.05) is 0 Å². The Morgan fingerprint density at radius 3 is 2.76 bits per heavy atom. The molecule has 0 N–H and O–H groups in total. The Bertz CT molecular complexity index is 413. The Morgan fingerprint density at radius 1 is 1.41 bits per heavy atom. The first-order valence-electron chi connectivity index (χ1n) is 5.68. The molecular weight excluding hydrogens is 284 g/mol. The molecule has 1 fully saturated rings. The molecule has 0 aliphatic heterocycles. The van der Waals surface area contributed by atoms with Gasteiger partial charge in [-0.2, -0.15) is 0 Å². The van der Waals surface area contributed by atoms with E-state index in [0.29, 0.717) is 13.2 Å². The van der Waals surface area contributed by atoms with E-state index in [9.17, 15) is 4.79 Å². The molecule has 1 aromatic carbocycles. The second-order valence-electron chi connectivity index (χ2n) is 4.12. The molecule has 2 rings (SSSR count). The Kier molecular flexibility index (Phi) is 4.18. The van der Waals surface area contributed by atoms with Gasteiger partial charge in [0.15, 0.2) is 5.78 Å². The van der Waals surface area contributed by atoms with Crippen molar-refractivity contribution in [1.82, 2.24) is 0 Å². The standard InChI is InChI=1S/C13H15BrO3/c1-16-6-7-17-12-5-4-10(8-11(12)14)13(15)9-2-3-9/h4-5,8-9H,2-3,6-7H2,1H3. The highest BCUT2D eigenvalue weighted by Gasteiger charge is 2.30. The van der Waals surface area contributed by atoms with Crippen molar-refractivity contribution in [3.05, 3.63) is 28.2 Å². The highest BCUT2D eigenvalue weighted by Crippen LogP contribution is 2.34.